The summed E-state index contributed by atoms with van der Waals surface area (Å²) < 4.78 is 0. The molecular weight excluding hydrogens is 1650 g/mol. The van der Waals surface area contributed by atoms with Crippen LogP contribution >= 0.6 is 0 Å². The number of rotatable bonds is 20. The first-order valence-electron chi connectivity index (χ1n) is 50.6. The van der Waals surface area contributed by atoms with Crippen LogP contribution in [0.25, 0.3) is 78.4 Å². The van der Waals surface area contributed by atoms with Crippen LogP contribution in [0, 0.1) is 107 Å². The summed E-state index contributed by atoms with van der Waals surface area (Å²) in [6.07, 6.45) is 15.8. The van der Waals surface area contributed by atoms with Gasteiger partial charge in [0.05, 0.1) is 11.4 Å². The van der Waals surface area contributed by atoms with Crippen LogP contribution < -0.4 is 37.7 Å². The molecule has 5 heteroatoms. The first kappa shape index (κ1) is 88.8. The highest BCUT2D eigenvalue weighted by Gasteiger charge is 2.60. The number of aromatic nitrogens is 2. The maximum Gasteiger partial charge on any atom is 0.242 e. The minimum absolute atomic E-state index is 0.140. The molecule has 0 aliphatic heterocycles. The highest BCUT2D eigenvalue weighted by atomic mass is 15.1. The lowest BCUT2D eigenvalue weighted by atomic mass is 9.34. The second-order valence-electron chi connectivity index (χ2n) is 43.1. The molecule has 0 spiro atoms. The van der Waals surface area contributed by atoms with Crippen molar-refractivity contribution in [3.63, 3.8) is 0 Å². The van der Waals surface area contributed by atoms with Gasteiger partial charge in [-0.15, -0.1) is 0 Å². The molecule has 0 N–H and O–H groups in total. The molecule has 0 amide bonds. The Morgan fingerprint density at radius 2 is 0.460 bits per heavy atom. The van der Waals surface area contributed by atoms with Crippen molar-refractivity contribution in [1.82, 2.24) is 9.97 Å². The van der Waals surface area contributed by atoms with Crippen molar-refractivity contribution in [2.45, 2.75) is 182 Å². The zero-order valence-electron chi connectivity index (χ0n) is 82.0. The quantitative estimate of drug-likeness (QED) is 0.0712. The van der Waals surface area contributed by atoms with Gasteiger partial charge in [-0.2, -0.15) is 0 Å². The van der Waals surface area contributed by atoms with Crippen LogP contribution in [0.5, 0.6) is 0 Å². The summed E-state index contributed by atoms with van der Waals surface area (Å²) in [5.41, 5.74) is 50.5. The third-order valence-electron chi connectivity index (χ3n) is 33.1. The van der Waals surface area contributed by atoms with E-state index in [4.69, 9.17) is 9.97 Å². The van der Waals surface area contributed by atoms with Crippen molar-refractivity contribution in [1.29, 1.82) is 0 Å². The standard InChI is InChI=1S/C68H63BN2.C64H62BN/c1-44-31-46(3)64(47(4)32-44)69(65-48(5)33-45(2)34-49(65)6)61-22-14-21-58(37-61)57-20-13-19-56(36-57)52-23-27-59(28-24-52)67-39-50-35-51(40-67)42-68(41-50,43-67)60-29-25-55(26-30-60)66-70-62(53-15-9-7-10-16-53)38-63(71-66)54-17-11-8-12-18-54;1-43-31-45(3)61(46(4)32-43)65(62-47(5)33-44(2)34-48(62)6)57-18-14-17-54(37-57)53-16-13-15-52(36-53)51-23-25-55(26-24-51)63-38-49-35-50(39-63)41-64(40-49,42-63)56-27-29-60(30-28-56)66(58-19-9-7-10-20-58)59-21-11-8-12-22-59/h7-34,36-38,50-51H,35,39-43H2,1-6H3;7-34,36-37,49-50H,35,38-42H2,1-6H3. The SMILES string of the molecule is Cc1cc(C)c(B(c2cccc(-c3cccc(-c4ccc(C56CC7CC(C5)CC(c5ccc(-c8nc(-c9ccccc9)cc(-c9ccccc9)n8)cc5)(C7)C6)cc4)c3)c2)c2c(C)cc(C)cc2C)c(C)c1.Cc1cc(C)c(B(c2cccc(-c3cccc(-c4ccc(C56CC7CC(C5)CC(c5ccc(N(c8ccccc8)c8ccccc8)cc5)(C7)C6)cc4)c3)c2)c2c(C)cc(C)cc2C)c(C)c1. The number of hydrogen-bond acceptors (Lipinski definition) is 3. The van der Waals surface area contributed by atoms with Gasteiger partial charge in [-0.1, -0.05) is 415 Å². The van der Waals surface area contributed by atoms with Gasteiger partial charge in [-0.25, -0.2) is 9.97 Å². The maximum absolute atomic E-state index is 5.16. The van der Waals surface area contributed by atoms with Crippen LogP contribution in [0.1, 0.15) is 166 Å². The van der Waals surface area contributed by atoms with E-state index in [1.165, 1.54) is 249 Å². The van der Waals surface area contributed by atoms with Crippen LogP contribution in [0.2, 0.25) is 0 Å². The fourth-order valence-electron chi connectivity index (χ4n) is 28.6. The molecule has 0 radical (unpaired) electrons. The van der Waals surface area contributed by atoms with Crippen molar-refractivity contribution in [3.8, 4) is 78.4 Å². The van der Waals surface area contributed by atoms with Gasteiger partial charge in [-0.3, -0.25) is 0 Å². The molecule has 4 unspecified atom stereocenters. The Labute approximate surface area is 815 Å². The fraction of sp³-hybridized carbons (Fsp3) is 0.242. The zero-order valence-corrected chi connectivity index (χ0v) is 82.0. The smallest absolute Gasteiger partial charge is 0.242 e. The average molecular weight is 1780 g/mol. The lowest BCUT2D eigenvalue weighted by Gasteiger charge is -2.63. The Bertz CT molecular complexity index is 7050. The molecule has 17 aromatic rings. The van der Waals surface area contributed by atoms with Gasteiger partial charge < -0.3 is 4.90 Å². The Hall–Kier alpha value is -13.5. The Balaban J connectivity index is 0.000000159. The number of benzene rings is 16. The average Bonchev–Trinajstić information content (AvgIpc) is 0.705. The van der Waals surface area contributed by atoms with Crippen LogP contribution in [0.15, 0.2) is 370 Å². The molecule has 137 heavy (non-hydrogen) atoms. The maximum atomic E-state index is 5.16. The molecule has 16 aromatic carbocycles. The van der Waals surface area contributed by atoms with Crippen LogP contribution in [-0.2, 0) is 21.7 Å². The van der Waals surface area contributed by atoms with Crippen molar-refractivity contribution in [3.05, 3.63) is 459 Å². The molecule has 8 saturated carbocycles. The monoisotopic (exact) mass is 1770 g/mol. The second-order valence-corrected chi connectivity index (χ2v) is 43.1. The molecule has 4 atom stereocenters. The largest absolute Gasteiger partial charge is 0.311 e. The molecule has 1 aromatic heterocycles. The topological polar surface area (TPSA) is 29.0 Å². The molecule has 8 bridgehead atoms. The lowest BCUT2D eigenvalue weighted by molar-refractivity contribution is -0.0282. The number of aryl methyl sites for hydroxylation is 12. The van der Waals surface area contributed by atoms with E-state index in [1.807, 2.05) is 0 Å². The highest BCUT2D eigenvalue weighted by molar-refractivity contribution is 6.97. The van der Waals surface area contributed by atoms with E-state index in [1.54, 1.807) is 11.1 Å². The summed E-state index contributed by atoms with van der Waals surface area (Å²) in [6.45, 7) is 27.5. The lowest BCUT2D eigenvalue weighted by Crippen LogP contribution is -2.55. The summed E-state index contributed by atoms with van der Waals surface area (Å²) in [5.74, 6) is 3.89. The van der Waals surface area contributed by atoms with Gasteiger partial charge >= 0.3 is 0 Å². The number of anilines is 3. The summed E-state index contributed by atoms with van der Waals surface area (Å²) >= 11 is 0. The van der Waals surface area contributed by atoms with Crippen LogP contribution in [0.4, 0.5) is 17.1 Å². The van der Waals surface area contributed by atoms with Gasteiger partial charge in [0.2, 0.25) is 13.4 Å². The summed E-state index contributed by atoms with van der Waals surface area (Å²) in [4.78, 5) is 12.7. The second kappa shape index (κ2) is 36.2. The normalized spacial score (nSPS) is 20.3. The first-order chi connectivity index (χ1) is 66.5. The van der Waals surface area contributed by atoms with Crippen molar-refractivity contribution in [2.75, 3.05) is 4.90 Å². The molecule has 674 valence electrons. The van der Waals surface area contributed by atoms with Crippen molar-refractivity contribution < 1.29 is 0 Å². The molecule has 8 aliphatic carbocycles. The van der Waals surface area contributed by atoms with E-state index in [9.17, 15) is 0 Å². The van der Waals surface area contributed by atoms with Crippen LogP contribution in [-0.4, -0.2) is 23.4 Å². The van der Waals surface area contributed by atoms with Gasteiger partial charge in [0, 0.05) is 33.8 Å². The van der Waals surface area contributed by atoms with Gasteiger partial charge in [0.15, 0.2) is 5.82 Å². The highest BCUT2D eigenvalue weighted by Crippen LogP contribution is 2.68. The number of hydrogen-bond donors (Lipinski definition) is 0. The van der Waals surface area contributed by atoms with E-state index in [0.717, 1.165) is 57.6 Å². The minimum Gasteiger partial charge on any atom is -0.311 e. The van der Waals surface area contributed by atoms with E-state index in [-0.39, 0.29) is 35.1 Å². The van der Waals surface area contributed by atoms with Gasteiger partial charge in [0.1, 0.15) is 0 Å². The third-order valence-corrected chi connectivity index (χ3v) is 33.1. The van der Waals surface area contributed by atoms with Crippen LogP contribution in [0.3, 0.4) is 0 Å². The minimum atomic E-state index is 0.140. The molecule has 25 rings (SSSR count). The number of nitrogens with zero attached hydrogens (tertiary/aromatic N) is 3. The fourth-order valence-corrected chi connectivity index (χ4v) is 28.6. The van der Waals surface area contributed by atoms with E-state index in [0.29, 0.717) is 0 Å². The van der Waals surface area contributed by atoms with E-state index >= 15 is 0 Å². The molecule has 0 saturated heterocycles. The predicted octanol–water partition coefficient (Wildman–Crippen LogP) is 29.6. The molecular formula is C132H125B2N3. The first-order valence-corrected chi connectivity index (χ1v) is 50.6. The third kappa shape index (κ3) is 17.1. The molecule has 1 heterocycles. The van der Waals surface area contributed by atoms with Crippen molar-refractivity contribution >= 4 is 63.3 Å². The predicted molar refractivity (Wildman–Crippen MR) is 582 cm³/mol. The van der Waals surface area contributed by atoms with E-state index < -0.39 is 0 Å². The van der Waals surface area contributed by atoms with Gasteiger partial charge in [-0.05, 0) is 327 Å². The molecule has 3 nitrogen and oxygen atoms in total. The Kier molecular flexibility index (Phi) is 23.5. The van der Waals surface area contributed by atoms with E-state index in [2.05, 4.69) is 458 Å². The zero-order chi connectivity index (χ0) is 93.6. The Morgan fingerprint density at radius 3 is 0.759 bits per heavy atom. The molecule has 8 fully saturated rings. The summed E-state index contributed by atoms with van der Waals surface area (Å²) in [6, 6.07) is 140. The summed E-state index contributed by atoms with van der Waals surface area (Å²) in [7, 11) is 0. The molecule has 8 aliphatic rings. The Morgan fingerprint density at radius 1 is 0.219 bits per heavy atom. The van der Waals surface area contributed by atoms with Crippen molar-refractivity contribution in [2.24, 2.45) is 23.7 Å². The number of para-hydroxylation sites is 2. The van der Waals surface area contributed by atoms with Gasteiger partial charge in [0.25, 0.3) is 0 Å². The summed E-state index contributed by atoms with van der Waals surface area (Å²) in [5, 5.41) is 0.